The van der Waals surface area contributed by atoms with Gasteiger partial charge in [0.25, 0.3) is 0 Å². The van der Waals surface area contributed by atoms with E-state index < -0.39 is 12.1 Å². The maximum Gasteiger partial charge on any atom is 0.339 e. The van der Waals surface area contributed by atoms with Crippen molar-refractivity contribution in [3.05, 3.63) is 95.8 Å². The zero-order valence-electron chi connectivity index (χ0n) is 18.0. The molecule has 0 saturated carbocycles. The average Bonchev–Trinajstić information content (AvgIpc) is 3.43. The molecular formula is C26H19N5O3. The van der Waals surface area contributed by atoms with Crippen LogP contribution >= 0.6 is 0 Å². The van der Waals surface area contributed by atoms with E-state index in [0.717, 1.165) is 27.6 Å². The molecule has 0 aliphatic carbocycles. The molecule has 1 atom stereocenters. The fraction of sp³-hybridized carbons (Fsp3) is 0.115. The highest BCUT2D eigenvalue weighted by atomic mass is 16.5. The Morgan fingerprint density at radius 2 is 1.65 bits per heavy atom. The van der Waals surface area contributed by atoms with Crippen LogP contribution in [0.3, 0.4) is 0 Å². The monoisotopic (exact) mass is 449 g/mol. The molecule has 1 aliphatic heterocycles. The molecule has 1 unspecified atom stereocenters. The van der Waals surface area contributed by atoms with Crippen LogP contribution in [0.1, 0.15) is 34.3 Å². The van der Waals surface area contributed by atoms with Crippen molar-refractivity contribution < 1.29 is 14.3 Å². The molecule has 1 N–H and O–H groups in total. The Hall–Kier alpha value is -4.59. The van der Waals surface area contributed by atoms with Crippen LogP contribution in [0.25, 0.3) is 27.7 Å². The number of aromatic nitrogens is 4. The first-order valence-corrected chi connectivity index (χ1v) is 10.9. The molecule has 8 heteroatoms. The minimum Gasteiger partial charge on any atom is -0.453 e. The standard InChI is InChI=1S/C26H19N5O3/c32-23(14-21-17-10-4-7-13-20(17)26(33)34-21)27-15-22-28-29-25-19-12-6-5-11-18(19)24(30-31(22)25)16-8-2-1-3-9-16/h1-13,21H,14-15H2,(H,27,32). The molecule has 34 heavy (non-hydrogen) atoms. The smallest absolute Gasteiger partial charge is 0.339 e. The lowest BCUT2D eigenvalue weighted by Crippen LogP contribution is -2.26. The number of ether oxygens (including phenoxy) is 1. The van der Waals surface area contributed by atoms with E-state index in [1.54, 1.807) is 16.6 Å². The van der Waals surface area contributed by atoms with Crippen molar-refractivity contribution in [3.8, 4) is 11.3 Å². The summed E-state index contributed by atoms with van der Waals surface area (Å²) < 4.78 is 7.05. The molecule has 3 aromatic carbocycles. The largest absolute Gasteiger partial charge is 0.453 e. The lowest BCUT2D eigenvalue weighted by atomic mass is 10.0. The topological polar surface area (TPSA) is 98.5 Å². The van der Waals surface area contributed by atoms with Gasteiger partial charge >= 0.3 is 5.97 Å². The Balaban J connectivity index is 1.28. The first kappa shape index (κ1) is 20.0. The summed E-state index contributed by atoms with van der Waals surface area (Å²) in [5.74, 6) is -0.146. The molecule has 3 heterocycles. The molecule has 8 nitrogen and oxygen atoms in total. The summed E-state index contributed by atoms with van der Waals surface area (Å²) in [7, 11) is 0. The van der Waals surface area contributed by atoms with Crippen LogP contribution in [0, 0.1) is 0 Å². The molecule has 0 radical (unpaired) electrons. The number of nitrogens with zero attached hydrogens (tertiary/aromatic N) is 4. The van der Waals surface area contributed by atoms with Gasteiger partial charge in [-0.1, -0.05) is 72.8 Å². The van der Waals surface area contributed by atoms with Gasteiger partial charge in [-0.05, 0) is 6.07 Å². The summed E-state index contributed by atoms with van der Waals surface area (Å²) in [6.45, 7) is 0.141. The Bertz CT molecular complexity index is 1560. The molecule has 166 valence electrons. The van der Waals surface area contributed by atoms with Crippen LogP contribution in [0.15, 0.2) is 78.9 Å². The van der Waals surface area contributed by atoms with Gasteiger partial charge in [0.2, 0.25) is 5.91 Å². The molecule has 0 bridgehead atoms. The fourth-order valence-electron chi connectivity index (χ4n) is 4.33. The van der Waals surface area contributed by atoms with Crippen LogP contribution in [-0.2, 0) is 16.1 Å². The van der Waals surface area contributed by atoms with Crippen LogP contribution in [0.4, 0.5) is 0 Å². The maximum absolute atomic E-state index is 12.7. The maximum atomic E-state index is 12.7. The third-order valence-corrected chi connectivity index (χ3v) is 5.97. The zero-order valence-corrected chi connectivity index (χ0v) is 18.0. The number of hydrogen-bond donors (Lipinski definition) is 1. The van der Waals surface area contributed by atoms with Crippen LogP contribution in [0.2, 0.25) is 0 Å². The van der Waals surface area contributed by atoms with Crippen molar-refractivity contribution in [2.75, 3.05) is 0 Å². The van der Waals surface area contributed by atoms with E-state index >= 15 is 0 Å². The lowest BCUT2D eigenvalue weighted by Gasteiger charge is -2.11. The van der Waals surface area contributed by atoms with Crippen molar-refractivity contribution in [3.63, 3.8) is 0 Å². The van der Waals surface area contributed by atoms with Gasteiger partial charge in [-0.25, -0.2) is 4.79 Å². The van der Waals surface area contributed by atoms with Crippen LogP contribution in [-0.4, -0.2) is 31.7 Å². The number of fused-ring (bicyclic) bond motifs is 4. The van der Waals surface area contributed by atoms with Crippen LogP contribution < -0.4 is 5.32 Å². The number of rotatable bonds is 5. The third kappa shape index (κ3) is 3.36. The Morgan fingerprint density at radius 1 is 0.912 bits per heavy atom. The summed E-state index contributed by atoms with van der Waals surface area (Å²) >= 11 is 0. The van der Waals surface area contributed by atoms with Crippen molar-refractivity contribution >= 4 is 28.3 Å². The minimum atomic E-state index is -0.592. The van der Waals surface area contributed by atoms with Crippen molar-refractivity contribution in [2.24, 2.45) is 0 Å². The predicted molar refractivity (Wildman–Crippen MR) is 125 cm³/mol. The number of hydrogen-bond acceptors (Lipinski definition) is 6. The average molecular weight is 449 g/mol. The van der Waals surface area contributed by atoms with Gasteiger partial charge in [0, 0.05) is 21.9 Å². The number of benzene rings is 3. The summed E-state index contributed by atoms with van der Waals surface area (Å²) in [5, 5.41) is 18.2. The Kier molecular flexibility index (Phi) is 4.76. The molecule has 0 saturated heterocycles. The molecule has 0 fully saturated rings. The summed E-state index contributed by atoms with van der Waals surface area (Å²) in [5.41, 5.74) is 3.65. The summed E-state index contributed by atoms with van der Waals surface area (Å²) in [6.07, 6.45) is -0.559. The fourth-order valence-corrected chi connectivity index (χ4v) is 4.33. The third-order valence-electron chi connectivity index (χ3n) is 5.97. The van der Waals surface area contributed by atoms with Gasteiger partial charge in [-0.2, -0.15) is 9.61 Å². The molecule has 0 spiro atoms. The quantitative estimate of drug-likeness (QED) is 0.409. The van der Waals surface area contributed by atoms with E-state index in [0.29, 0.717) is 17.0 Å². The normalized spacial score (nSPS) is 14.8. The zero-order chi connectivity index (χ0) is 23.1. The van der Waals surface area contributed by atoms with E-state index in [1.165, 1.54) is 0 Å². The van der Waals surface area contributed by atoms with Gasteiger partial charge in [0.1, 0.15) is 6.10 Å². The number of carbonyl (C=O) groups excluding carboxylic acids is 2. The van der Waals surface area contributed by atoms with Gasteiger partial charge in [-0.3, -0.25) is 4.79 Å². The highest BCUT2D eigenvalue weighted by Gasteiger charge is 2.32. The number of carbonyl (C=O) groups is 2. The highest BCUT2D eigenvalue weighted by Crippen LogP contribution is 2.33. The second kappa shape index (κ2) is 8.08. The molecule has 6 rings (SSSR count). The predicted octanol–water partition coefficient (Wildman–Crippen LogP) is 3.86. The Morgan fingerprint density at radius 3 is 2.50 bits per heavy atom. The van der Waals surface area contributed by atoms with Crippen molar-refractivity contribution in [2.45, 2.75) is 19.1 Å². The Labute approximate surface area is 194 Å². The minimum absolute atomic E-state index is 0.0329. The molecular weight excluding hydrogens is 430 g/mol. The van der Waals surface area contributed by atoms with E-state index in [2.05, 4.69) is 15.5 Å². The van der Waals surface area contributed by atoms with E-state index in [9.17, 15) is 9.59 Å². The van der Waals surface area contributed by atoms with Gasteiger partial charge < -0.3 is 10.1 Å². The highest BCUT2D eigenvalue weighted by molar-refractivity contribution is 6.01. The SMILES string of the molecule is O=C(CC1OC(=O)c2ccccc21)NCc1nnc2c3ccccc3c(-c3ccccc3)nn12. The molecule has 2 aromatic heterocycles. The van der Waals surface area contributed by atoms with Gasteiger partial charge in [0.15, 0.2) is 11.5 Å². The first-order valence-electron chi connectivity index (χ1n) is 10.9. The number of nitrogens with one attached hydrogen (secondary N) is 1. The van der Waals surface area contributed by atoms with Crippen molar-refractivity contribution in [1.29, 1.82) is 0 Å². The first-order chi connectivity index (χ1) is 16.7. The second-order valence-electron chi connectivity index (χ2n) is 8.07. The van der Waals surface area contributed by atoms with E-state index in [-0.39, 0.29) is 18.9 Å². The van der Waals surface area contributed by atoms with E-state index in [4.69, 9.17) is 9.84 Å². The van der Waals surface area contributed by atoms with Crippen LogP contribution in [0.5, 0.6) is 0 Å². The number of esters is 1. The molecule has 5 aromatic rings. The van der Waals surface area contributed by atoms with Gasteiger partial charge in [-0.15, -0.1) is 10.2 Å². The molecule has 1 amide bonds. The molecule has 1 aliphatic rings. The summed E-state index contributed by atoms with van der Waals surface area (Å²) in [6, 6.07) is 25.0. The van der Waals surface area contributed by atoms with E-state index in [1.807, 2.05) is 66.7 Å². The second-order valence-corrected chi connectivity index (χ2v) is 8.07. The van der Waals surface area contributed by atoms with Crippen molar-refractivity contribution in [1.82, 2.24) is 25.1 Å². The number of cyclic esters (lactones) is 1. The number of amides is 1. The lowest BCUT2D eigenvalue weighted by molar-refractivity contribution is -0.123. The summed E-state index contributed by atoms with van der Waals surface area (Å²) in [4.78, 5) is 24.7. The van der Waals surface area contributed by atoms with Gasteiger partial charge in [0.05, 0.1) is 24.2 Å².